The van der Waals surface area contributed by atoms with Crippen molar-refractivity contribution in [2.75, 3.05) is 19.3 Å². The zero-order valence-corrected chi connectivity index (χ0v) is 22.1. The summed E-state index contributed by atoms with van der Waals surface area (Å²) >= 11 is 12.2. The van der Waals surface area contributed by atoms with Crippen LogP contribution in [-0.2, 0) is 6.42 Å². The molecule has 2 aliphatic rings. The number of nitrogens with one attached hydrogen (secondary N) is 1. The fourth-order valence-electron chi connectivity index (χ4n) is 6.15. The van der Waals surface area contributed by atoms with Crippen LogP contribution in [0.15, 0.2) is 30.7 Å². The Morgan fingerprint density at radius 2 is 1.92 bits per heavy atom. The van der Waals surface area contributed by atoms with E-state index >= 15 is 0 Å². The molecule has 4 unspecified atom stereocenters. The van der Waals surface area contributed by atoms with Gasteiger partial charge in [0.2, 0.25) is 0 Å². The maximum absolute atomic E-state index is 10.9. The van der Waals surface area contributed by atoms with E-state index in [1.165, 1.54) is 6.33 Å². The van der Waals surface area contributed by atoms with Crippen molar-refractivity contribution >= 4 is 51.1 Å². The number of nitrogens with zero attached hydrogens (tertiary/aromatic N) is 5. The number of H-pyrrole nitrogens is 1. The lowest BCUT2D eigenvalue weighted by Gasteiger charge is -2.42. The van der Waals surface area contributed by atoms with Gasteiger partial charge in [0.15, 0.2) is 0 Å². The van der Waals surface area contributed by atoms with Crippen molar-refractivity contribution in [3.8, 4) is 0 Å². The number of benzene rings is 1. The van der Waals surface area contributed by atoms with Crippen LogP contribution in [0.4, 0.5) is 5.82 Å². The average molecular weight is 544 g/mol. The summed E-state index contributed by atoms with van der Waals surface area (Å²) in [4.78, 5) is 18.8. The second kappa shape index (κ2) is 9.71. The van der Waals surface area contributed by atoms with Crippen molar-refractivity contribution in [1.29, 1.82) is 0 Å². The molecule has 0 amide bonds. The predicted octanol–water partition coefficient (Wildman–Crippen LogP) is 3.82. The Morgan fingerprint density at radius 3 is 2.73 bits per heavy atom. The summed E-state index contributed by atoms with van der Waals surface area (Å²) in [6.45, 7) is 0.744. The Morgan fingerprint density at radius 1 is 1.14 bits per heavy atom. The third-order valence-electron chi connectivity index (χ3n) is 8.39. The fraction of sp³-hybridized carbons (Fsp3) is 0.500. The average Bonchev–Trinajstić information content (AvgIpc) is 3.51. The normalized spacial score (nSPS) is 27.9. The van der Waals surface area contributed by atoms with E-state index in [-0.39, 0.29) is 12.0 Å². The number of aryl methyl sites for hydroxylation is 1. The smallest absolute Gasteiger partial charge is 0.145 e. The molecule has 1 aromatic carbocycles. The first kappa shape index (κ1) is 24.9. The minimum Gasteiger partial charge on any atom is -0.390 e. The van der Waals surface area contributed by atoms with Gasteiger partial charge in [-0.2, -0.15) is 0 Å². The Hall–Kier alpha value is -2.43. The lowest BCUT2D eigenvalue weighted by atomic mass is 9.76. The number of halogens is 2. The van der Waals surface area contributed by atoms with E-state index < -0.39 is 12.2 Å². The van der Waals surface area contributed by atoms with Gasteiger partial charge in [-0.25, -0.2) is 15.0 Å². The monoisotopic (exact) mass is 543 g/mol. The third-order valence-corrected chi connectivity index (χ3v) is 9.11. The second-order valence-electron chi connectivity index (χ2n) is 10.7. The number of aromatic amines is 1. The molecule has 2 saturated carbocycles. The van der Waals surface area contributed by atoms with Gasteiger partial charge in [0, 0.05) is 31.1 Å². The molecule has 9 nitrogen and oxygen atoms in total. The van der Waals surface area contributed by atoms with Crippen LogP contribution in [0.3, 0.4) is 0 Å². The minimum atomic E-state index is -0.854. The molecule has 11 heteroatoms. The molecule has 196 valence electrons. The van der Waals surface area contributed by atoms with Crippen molar-refractivity contribution in [3.63, 3.8) is 0 Å². The van der Waals surface area contributed by atoms with Gasteiger partial charge in [0.05, 0.1) is 38.6 Å². The molecule has 2 fully saturated rings. The molecular weight excluding hydrogens is 513 g/mol. The number of rotatable bonds is 7. The first-order valence-corrected chi connectivity index (χ1v) is 13.5. The van der Waals surface area contributed by atoms with E-state index in [1.54, 1.807) is 6.07 Å². The van der Waals surface area contributed by atoms with Crippen LogP contribution in [0.2, 0.25) is 10.0 Å². The van der Waals surface area contributed by atoms with E-state index in [9.17, 15) is 10.2 Å². The van der Waals surface area contributed by atoms with Gasteiger partial charge in [-0.05, 0) is 56.8 Å². The first-order chi connectivity index (χ1) is 17.8. The van der Waals surface area contributed by atoms with Crippen LogP contribution in [0.1, 0.15) is 37.5 Å². The Balaban J connectivity index is 1.02. The first-order valence-electron chi connectivity index (χ1n) is 12.8. The molecule has 0 saturated heterocycles. The summed E-state index contributed by atoms with van der Waals surface area (Å²) < 4.78 is 1.93. The number of hydrogen-bond acceptors (Lipinski definition) is 7. The number of nitrogen functional groups attached to an aromatic ring is 1. The predicted molar refractivity (Wildman–Crippen MR) is 145 cm³/mol. The van der Waals surface area contributed by atoms with Crippen molar-refractivity contribution < 1.29 is 10.2 Å². The summed E-state index contributed by atoms with van der Waals surface area (Å²) in [5, 5.41) is 23.5. The third kappa shape index (κ3) is 4.57. The molecule has 0 bridgehead atoms. The highest BCUT2D eigenvalue weighted by atomic mass is 35.5. The molecule has 2 aliphatic carbocycles. The summed E-state index contributed by atoms with van der Waals surface area (Å²) in [5.74, 6) is 2.01. The number of aliphatic hydroxyl groups excluding tert-OH is 2. The number of fused-ring (bicyclic) bond motifs is 2. The summed E-state index contributed by atoms with van der Waals surface area (Å²) in [7, 11) is 2.12. The standard InChI is InChI=1S/C26H31Cl2N7O2/c1-34(15-6-13(7-15)2-3-22-32-19-9-17(27)18(28)10-20(19)33-22)11-14-8-21(24(37)23(14)36)35-5-4-16-25(29)30-12-31-26(16)35/h4-5,9-10,12-15,21,23-24,36-37H,2-3,6-8,11H2,1H3,(H,32,33)(H2,29,30,31). The van der Waals surface area contributed by atoms with Crippen LogP contribution >= 0.6 is 23.2 Å². The minimum absolute atomic E-state index is 0.0186. The Labute approximate surface area is 224 Å². The van der Waals surface area contributed by atoms with Crippen molar-refractivity contribution in [3.05, 3.63) is 46.6 Å². The van der Waals surface area contributed by atoms with E-state index in [4.69, 9.17) is 28.9 Å². The SMILES string of the molecule is CN(CC1CC(n2ccc3c(N)ncnc32)C(O)C1O)C1CC(CCc2nc3cc(Cl)c(Cl)cc3[nH]2)C1. The Bertz CT molecular complexity index is 1390. The van der Waals surface area contributed by atoms with Crippen LogP contribution in [-0.4, -0.2) is 71.5 Å². The van der Waals surface area contributed by atoms with Crippen LogP contribution in [0.5, 0.6) is 0 Å². The highest BCUT2D eigenvalue weighted by molar-refractivity contribution is 6.42. The van der Waals surface area contributed by atoms with Crippen molar-refractivity contribution in [2.45, 2.75) is 56.4 Å². The highest BCUT2D eigenvalue weighted by Crippen LogP contribution is 2.40. The number of hydrogen-bond donors (Lipinski definition) is 4. The molecule has 0 radical (unpaired) electrons. The maximum atomic E-state index is 10.9. The molecule has 3 heterocycles. The van der Waals surface area contributed by atoms with Gasteiger partial charge in [0.1, 0.15) is 29.7 Å². The van der Waals surface area contributed by atoms with Crippen molar-refractivity contribution in [1.82, 2.24) is 29.4 Å². The highest BCUT2D eigenvalue weighted by Gasteiger charge is 2.44. The van der Waals surface area contributed by atoms with Crippen LogP contribution < -0.4 is 5.73 Å². The van der Waals surface area contributed by atoms with E-state index in [2.05, 4.69) is 31.9 Å². The van der Waals surface area contributed by atoms with Gasteiger partial charge in [0.25, 0.3) is 0 Å². The van der Waals surface area contributed by atoms with Crippen molar-refractivity contribution in [2.24, 2.45) is 11.8 Å². The van der Waals surface area contributed by atoms with Gasteiger partial charge >= 0.3 is 0 Å². The van der Waals surface area contributed by atoms with Crippen LogP contribution in [0.25, 0.3) is 22.1 Å². The summed E-state index contributed by atoms with van der Waals surface area (Å²) in [5.41, 5.74) is 8.42. The van der Waals surface area contributed by atoms with Crippen LogP contribution in [0, 0.1) is 11.8 Å². The van der Waals surface area contributed by atoms with Gasteiger partial charge in [-0.15, -0.1) is 0 Å². The molecule has 3 aromatic heterocycles. The zero-order chi connectivity index (χ0) is 25.8. The number of aliphatic hydroxyl groups is 2. The van der Waals surface area contributed by atoms with Gasteiger partial charge in [-0.1, -0.05) is 23.2 Å². The molecule has 4 aromatic rings. The topological polar surface area (TPSA) is 129 Å². The molecule has 5 N–H and O–H groups in total. The molecule has 6 rings (SSSR count). The second-order valence-corrected chi connectivity index (χ2v) is 11.5. The quantitative estimate of drug-likeness (QED) is 0.278. The molecule has 0 aliphatic heterocycles. The molecular formula is C26H31Cl2N7O2. The molecule has 0 spiro atoms. The number of imidazole rings is 1. The largest absolute Gasteiger partial charge is 0.390 e. The zero-order valence-electron chi connectivity index (χ0n) is 20.6. The molecule has 37 heavy (non-hydrogen) atoms. The lowest BCUT2D eigenvalue weighted by molar-refractivity contribution is -0.00658. The Kier molecular flexibility index (Phi) is 6.53. The fourth-order valence-corrected chi connectivity index (χ4v) is 6.47. The number of aromatic nitrogens is 5. The van der Waals surface area contributed by atoms with Gasteiger partial charge < -0.3 is 30.4 Å². The van der Waals surface area contributed by atoms with E-state index in [1.807, 2.05) is 22.9 Å². The summed E-state index contributed by atoms with van der Waals surface area (Å²) in [6, 6.07) is 5.73. The number of nitrogens with two attached hydrogens (primary N) is 1. The van der Waals surface area contributed by atoms with E-state index in [0.717, 1.165) is 54.5 Å². The summed E-state index contributed by atoms with van der Waals surface area (Å²) in [6.07, 6.45) is 6.57. The molecule has 4 atom stereocenters. The van der Waals surface area contributed by atoms with Gasteiger partial charge in [-0.3, -0.25) is 0 Å². The lowest BCUT2D eigenvalue weighted by Crippen LogP contribution is -2.46. The maximum Gasteiger partial charge on any atom is 0.145 e. The van der Waals surface area contributed by atoms with E-state index in [0.29, 0.717) is 39.9 Å². The number of anilines is 1.